The molecule has 0 atom stereocenters. The summed E-state index contributed by atoms with van der Waals surface area (Å²) in [4.78, 5) is 0. The molecule has 9 rings (SSSR count). The Labute approximate surface area is 305 Å². The molecule has 1 aliphatic carbocycles. The van der Waals surface area contributed by atoms with E-state index in [-0.39, 0.29) is 34.5 Å². The SMILES string of the molecule is Oc1ccc(Cc2cc3cc(C4(c5ccc6cc(O)c(Cc7ccc(O)c(O)c7)cc6c5)c5ccccc5-c5ccccc54)ccc3cc2O)cc1O. The summed E-state index contributed by atoms with van der Waals surface area (Å²) in [5.74, 6) is -0.489. The van der Waals surface area contributed by atoms with Crippen LogP contribution in [0.3, 0.4) is 0 Å². The van der Waals surface area contributed by atoms with E-state index in [2.05, 4.69) is 84.9 Å². The van der Waals surface area contributed by atoms with Gasteiger partial charge in [0.15, 0.2) is 23.0 Å². The van der Waals surface area contributed by atoms with Crippen molar-refractivity contribution in [3.05, 3.63) is 190 Å². The molecular weight excluding hydrogens is 661 g/mol. The topological polar surface area (TPSA) is 121 Å². The van der Waals surface area contributed by atoms with Crippen molar-refractivity contribution in [3.8, 4) is 45.6 Å². The first kappa shape index (κ1) is 32.0. The van der Waals surface area contributed by atoms with E-state index in [1.54, 1.807) is 24.3 Å². The van der Waals surface area contributed by atoms with E-state index in [0.29, 0.717) is 24.0 Å². The summed E-state index contributed by atoms with van der Waals surface area (Å²) in [5.41, 5.74) is 8.90. The zero-order valence-electron chi connectivity index (χ0n) is 28.5. The first-order valence-corrected chi connectivity index (χ1v) is 17.4. The van der Waals surface area contributed by atoms with Crippen molar-refractivity contribution in [2.75, 3.05) is 0 Å². The second-order valence-electron chi connectivity index (χ2n) is 13.9. The van der Waals surface area contributed by atoms with Crippen molar-refractivity contribution in [1.29, 1.82) is 0 Å². The number of benzene rings is 8. The summed E-state index contributed by atoms with van der Waals surface area (Å²) in [6.07, 6.45) is 0.723. The Hall–Kier alpha value is -6.92. The largest absolute Gasteiger partial charge is 0.508 e. The molecule has 8 aromatic rings. The van der Waals surface area contributed by atoms with Crippen LogP contribution in [0.2, 0.25) is 0 Å². The standard InChI is InChI=1S/C47H34O6/c48-41-15-9-27(19-45(41)52)17-33-21-31-23-35(13-11-29(31)25-43(33)50)47(39-7-3-1-5-37(39)38-6-2-4-8-40(38)47)36-14-12-30-26-44(51)34(22-32(30)24-36)18-28-10-16-42(49)46(53)20-28/h1-16,19-26,48-53H,17-18H2. The highest BCUT2D eigenvalue weighted by Gasteiger charge is 2.46. The van der Waals surface area contributed by atoms with Crippen LogP contribution in [0.5, 0.6) is 34.5 Å². The van der Waals surface area contributed by atoms with Crippen molar-refractivity contribution in [2.45, 2.75) is 18.3 Å². The van der Waals surface area contributed by atoms with Crippen molar-refractivity contribution >= 4 is 21.5 Å². The molecule has 53 heavy (non-hydrogen) atoms. The third-order valence-electron chi connectivity index (χ3n) is 10.8. The molecule has 6 N–H and O–H groups in total. The number of hydrogen-bond donors (Lipinski definition) is 6. The van der Waals surface area contributed by atoms with Crippen LogP contribution in [0, 0.1) is 0 Å². The lowest BCUT2D eigenvalue weighted by atomic mass is 9.67. The summed E-state index contributed by atoms with van der Waals surface area (Å²) in [6.45, 7) is 0. The van der Waals surface area contributed by atoms with Gasteiger partial charge in [0.05, 0.1) is 5.41 Å². The van der Waals surface area contributed by atoms with Gasteiger partial charge in [0.1, 0.15) is 11.5 Å². The van der Waals surface area contributed by atoms with Crippen molar-refractivity contribution in [1.82, 2.24) is 0 Å². The van der Waals surface area contributed by atoms with Gasteiger partial charge in [-0.25, -0.2) is 0 Å². The number of phenols is 6. The van der Waals surface area contributed by atoms with Crippen LogP contribution in [0.4, 0.5) is 0 Å². The number of fused-ring (bicyclic) bond motifs is 5. The summed E-state index contributed by atoms with van der Waals surface area (Å²) >= 11 is 0. The first-order valence-electron chi connectivity index (χ1n) is 17.4. The molecule has 0 amide bonds. The fourth-order valence-electron chi connectivity index (χ4n) is 8.24. The minimum Gasteiger partial charge on any atom is -0.508 e. The van der Waals surface area contributed by atoms with Crippen LogP contribution in [-0.2, 0) is 18.3 Å². The highest BCUT2D eigenvalue weighted by atomic mass is 16.3. The molecule has 258 valence electrons. The van der Waals surface area contributed by atoms with Gasteiger partial charge in [-0.05, 0) is 138 Å². The molecule has 0 saturated heterocycles. The van der Waals surface area contributed by atoms with Crippen LogP contribution in [0.25, 0.3) is 32.7 Å². The monoisotopic (exact) mass is 694 g/mol. The van der Waals surface area contributed by atoms with Gasteiger partial charge in [0, 0.05) is 12.8 Å². The van der Waals surface area contributed by atoms with E-state index in [4.69, 9.17) is 0 Å². The Morgan fingerprint density at radius 2 is 0.774 bits per heavy atom. The Bertz CT molecular complexity index is 2580. The zero-order chi connectivity index (χ0) is 36.4. The Kier molecular flexibility index (Phi) is 7.31. The van der Waals surface area contributed by atoms with E-state index in [1.165, 1.54) is 24.3 Å². The van der Waals surface area contributed by atoms with Crippen molar-refractivity contribution < 1.29 is 30.6 Å². The maximum Gasteiger partial charge on any atom is 0.157 e. The summed E-state index contributed by atoms with van der Waals surface area (Å²) in [6, 6.07) is 46.7. The molecule has 0 bridgehead atoms. The number of phenolic OH excluding ortho intramolecular Hbond substituents is 6. The van der Waals surface area contributed by atoms with Gasteiger partial charge in [-0.15, -0.1) is 0 Å². The normalized spacial score (nSPS) is 12.9. The van der Waals surface area contributed by atoms with Crippen molar-refractivity contribution in [2.24, 2.45) is 0 Å². The summed E-state index contributed by atoms with van der Waals surface area (Å²) in [7, 11) is 0. The number of aromatic hydroxyl groups is 6. The maximum absolute atomic E-state index is 11.1. The molecule has 6 heteroatoms. The van der Waals surface area contributed by atoms with E-state index in [1.807, 2.05) is 12.1 Å². The third-order valence-corrected chi connectivity index (χ3v) is 10.8. The molecule has 0 spiro atoms. The molecule has 1 aliphatic rings. The average molecular weight is 695 g/mol. The second kappa shape index (κ2) is 12.1. The van der Waals surface area contributed by atoms with Gasteiger partial charge in [0.25, 0.3) is 0 Å². The minimum atomic E-state index is -0.711. The molecular formula is C47H34O6. The van der Waals surface area contributed by atoms with Gasteiger partial charge < -0.3 is 30.6 Å². The number of hydrogen-bond acceptors (Lipinski definition) is 6. The predicted molar refractivity (Wildman–Crippen MR) is 207 cm³/mol. The van der Waals surface area contributed by atoms with Gasteiger partial charge in [0.2, 0.25) is 0 Å². The van der Waals surface area contributed by atoms with E-state index >= 15 is 0 Å². The van der Waals surface area contributed by atoms with Crippen LogP contribution in [-0.4, -0.2) is 30.6 Å². The van der Waals surface area contributed by atoms with E-state index in [9.17, 15) is 30.6 Å². The summed E-state index contributed by atoms with van der Waals surface area (Å²) in [5, 5.41) is 65.7. The Morgan fingerprint density at radius 3 is 1.21 bits per heavy atom. The fraction of sp³-hybridized carbons (Fsp3) is 0.0638. The molecule has 6 nitrogen and oxygen atoms in total. The van der Waals surface area contributed by atoms with E-state index < -0.39 is 5.41 Å². The van der Waals surface area contributed by atoms with Crippen molar-refractivity contribution in [3.63, 3.8) is 0 Å². The third kappa shape index (κ3) is 5.18. The van der Waals surface area contributed by atoms with E-state index in [0.717, 1.165) is 66.1 Å². The smallest absolute Gasteiger partial charge is 0.157 e. The highest BCUT2D eigenvalue weighted by molar-refractivity contribution is 5.92. The molecule has 0 fully saturated rings. The maximum atomic E-state index is 11.1. The fourth-order valence-corrected chi connectivity index (χ4v) is 8.24. The molecule has 0 unspecified atom stereocenters. The molecule has 0 saturated carbocycles. The zero-order valence-corrected chi connectivity index (χ0v) is 28.5. The van der Waals surface area contributed by atoms with Gasteiger partial charge >= 0.3 is 0 Å². The Balaban J connectivity index is 1.24. The summed E-state index contributed by atoms with van der Waals surface area (Å²) < 4.78 is 0. The quantitative estimate of drug-likeness (QED) is 0.0965. The molecule has 0 radical (unpaired) electrons. The van der Waals surface area contributed by atoms with Crippen LogP contribution >= 0.6 is 0 Å². The lowest BCUT2D eigenvalue weighted by Gasteiger charge is -2.34. The van der Waals surface area contributed by atoms with Gasteiger partial charge in [-0.2, -0.15) is 0 Å². The molecule has 0 aromatic heterocycles. The predicted octanol–water partition coefficient (Wildman–Crippen LogP) is 9.77. The first-order chi connectivity index (χ1) is 25.7. The lowest BCUT2D eigenvalue weighted by Crippen LogP contribution is -2.28. The molecule has 0 heterocycles. The lowest BCUT2D eigenvalue weighted by molar-refractivity contribution is 0.403. The average Bonchev–Trinajstić information content (AvgIpc) is 3.46. The highest BCUT2D eigenvalue weighted by Crippen LogP contribution is 2.56. The van der Waals surface area contributed by atoms with Crippen LogP contribution in [0.15, 0.2) is 146 Å². The van der Waals surface area contributed by atoms with Gasteiger partial charge in [-0.3, -0.25) is 0 Å². The molecule has 0 aliphatic heterocycles. The van der Waals surface area contributed by atoms with Crippen LogP contribution < -0.4 is 0 Å². The second-order valence-corrected chi connectivity index (χ2v) is 13.9. The molecule has 8 aromatic carbocycles. The van der Waals surface area contributed by atoms with Crippen LogP contribution in [0.1, 0.15) is 44.5 Å². The number of rotatable bonds is 6. The minimum absolute atomic E-state index is 0.153. The van der Waals surface area contributed by atoms with Gasteiger partial charge in [-0.1, -0.05) is 84.9 Å². The Morgan fingerprint density at radius 1 is 0.340 bits per heavy atom.